The number of thioether (sulfide) groups is 1. The van der Waals surface area contributed by atoms with Gasteiger partial charge in [0.1, 0.15) is 5.75 Å². The first-order valence-corrected chi connectivity index (χ1v) is 16.3. The van der Waals surface area contributed by atoms with Crippen molar-refractivity contribution in [1.82, 2.24) is 9.47 Å². The van der Waals surface area contributed by atoms with Gasteiger partial charge < -0.3 is 14.4 Å². The quantitative estimate of drug-likeness (QED) is 0.155. The maximum Gasteiger partial charge on any atom is 0.340 e. The largest absolute Gasteiger partial charge is 0.507 e. The summed E-state index contributed by atoms with van der Waals surface area (Å²) in [7, 11) is 0. The Balaban J connectivity index is 1.69. The van der Waals surface area contributed by atoms with Crippen LogP contribution >= 0.6 is 11.8 Å². The van der Waals surface area contributed by atoms with Crippen LogP contribution in [-0.4, -0.2) is 46.3 Å². The van der Waals surface area contributed by atoms with E-state index in [0.29, 0.717) is 23.9 Å². The number of hydrogen-bond acceptors (Lipinski definition) is 5. The van der Waals surface area contributed by atoms with Gasteiger partial charge in [0.05, 0.1) is 17.7 Å². The lowest BCUT2D eigenvalue weighted by molar-refractivity contribution is 0.0527. The summed E-state index contributed by atoms with van der Waals surface area (Å²) >= 11 is 1.76. The molecule has 226 valence electrons. The SMILES string of the molecule is CCOC(=O)c1c(CSc2c(C)cc(C)cc2C)n(Cc2ccc(C)cc2)c2cc(C3=CCN(C(C)C)CC3)c(O)cc12. The molecule has 0 atom stereocenters. The van der Waals surface area contributed by atoms with Gasteiger partial charge in [0.25, 0.3) is 0 Å². The highest BCUT2D eigenvalue weighted by Crippen LogP contribution is 2.40. The van der Waals surface area contributed by atoms with E-state index in [0.717, 1.165) is 52.8 Å². The van der Waals surface area contributed by atoms with Crippen molar-refractivity contribution >= 4 is 34.2 Å². The minimum absolute atomic E-state index is 0.208. The molecule has 0 spiro atoms. The summed E-state index contributed by atoms with van der Waals surface area (Å²) in [5.74, 6) is 0.459. The topological polar surface area (TPSA) is 54.7 Å². The highest BCUT2D eigenvalue weighted by Gasteiger charge is 2.27. The molecule has 43 heavy (non-hydrogen) atoms. The molecule has 0 saturated carbocycles. The second-order valence-electron chi connectivity index (χ2n) is 12.1. The van der Waals surface area contributed by atoms with E-state index in [9.17, 15) is 9.90 Å². The predicted octanol–water partition coefficient (Wildman–Crippen LogP) is 8.60. The van der Waals surface area contributed by atoms with Gasteiger partial charge in [-0.3, -0.25) is 4.90 Å². The molecule has 5 rings (SSSR count). The number of carbonyl (C=O) groups excluding carboxylic acids is 1. The number of nitrogens with zero attached hydrogens (tertiary/aromatic N) is 2. The molecule has 1 aliphatic heterocycles. The van der Waals surface area contributed by atoms with Crippen molar-refractivity contribution in [3.8, 4) is 5.75 Å². The lowest BCUT2D eigenvalue weighted by Crippen LogP contribution is -2.34. The van der Waals surface area contributed by atoms with Gasteiger partial charge in [0, 0.05) is 53.0 Å². The van der Waals surface area contributed by atoms with Gasteiger partial charge in [-0.2, -0.15) is 0 Å². The summed E-state index contributed by atoms with van der Waals surface area (Å²) in [5.41, 5.74) is 10.5. The van der Waals surface area contributed by atoms with Gasteiger partial charge in [-0.15, -0.1) is 11.8 Å². The number of phenolic OH excluding ortho intramolecular Hbond substituents is 1. The first kappa shape index (κ1) is 31.0. The average Bonchev–Trinajstić information content (AvgIpc) is 3.25. The third kappa shape index (κ3) is 6.56. The van der Waals surface area contributed by atoms with E-state index in [1.165, 1.54) is 27.1 Å². The molecule has 0 fully saturated rings. The number of ether oxygens (including phenoxy) is 1. The zero-order valence-corrected chi connectivity index (χ0v) is 27.4. The van der Waals surface area contributed by atoms with Crippen molar-refractivity contribution < 1.29 is 14.6 Å². The summed E-state index contributed by atoms with van der Waals surface area (Å²) in [4.78, 5) is 17.3. The Labute approximate surface area is 260 Å². The molecule has 6 heteroatoms. The molecule has 0 aliphatic carbocycles. The fraction of sp³-hybridized carbons (Fsp3) is 0.378. The van der Waals surface area contributed by atoms with Crippen molar-refractivity contribution in [3.63, 3.8) is 0 Å². The van der Waals surface area contributed by atoms with Crippen molar-refractivity contribution in [2.75, 3.05) is 19.7 Å². The number of fused-ring (bicyclic) bond motifs is 1. The standard InChI is InChI=1S/C37H44N2O3S/c1-8-42-37(41)35-31-20-34(40)30(29-13-15-38(16-14-29)23(2)3)19-32(31)39(21-28-11-9-24(4)10-12-28)33(35)22-43-36-26(6)17-25(5)18-27(36)7/h9-13,17-20,23,40H,8,14-16,21-22H2,1-7H3. The molecule has 1 aromatic heterocycles. The zero-order valence-electron chi connectivity index (χ0n) is 26.6. The lowest BCUT2D eigenvalue weighted by atomic mass is 9.96. The van der Waals surface area contributed by atoms with Crippen molar-refractivity contribution in [2.45, 2.75) is 78.1 Å². The summed E-state index contributed by atoms with van der Waals surface area (Å²) in [5, 5.41) is 12.1. The van der Waals surface area contributed by atoms with Crippen LogP contribution in [0.3, 0.4) is 0 Å². The lowest BCUT2D eigenvalue weighted by Gasteiger charge is -2.30. The highest BCUT2D eigenvalue weighted by molar-refractivity contribution is 7.98. The molecule has 3 aromatic carbocycles. The Morgan fingerprint density at radius 3 is 2.30 bits per heavy atom. The van der Waals surface area contributed by atoms with E-state index >= 15 is 0 Å². The summed E-state index contributed by atoms with van der Waals surface area (Å²) in [6.45, 7) is 17.5. The van der Waals surface area contributed by atoms with Crippen LogP contribution in [0.4, 0.5) is 0 Å². The number of aryl methyl sites for hydroxylation is 4. The molecule has 2 heterocycles. The van der Waals surface area contributed by atoms with Crippen LogP contribution in [0.15, 0.2) is 59.5 Å². The van der Waals surface area contributed by atoms with Gasteiger partial charge >= 0.3 is 5.97 Å². The normalized spacial score (nSPS) is 14.0. The molecule has 0 bridgehead atoms. The monoisotopic (exact) mass is 596 g/mol. The smallest absolute Gasteiger partial charge is 0.340 e. The van der Waals surface area contributed by atoms with Crippen LogP contribution < -0.4 is 0 Å². The van der Waals surface area contributed by atoms with Crippen LogP contribution in [-0.2, 0) is 17.0 Å². The number of benzene rings is 3. The first-order chi connectivity index (χ1) is 20.6. The maximum atomic E-state index is 13.6. The van der Waals surface area contributed by atoms with Crippen molar-refractivity contribution in [1.29, 1.82) is 0 Å². The third-order valence-corrected chi connectivity index (χ3v) is 9.85. The third-order valence-electron chi connectivity index (χ3n) is 8.50. The Morgan fingerprint density at radius 2 is 1.70 bits per heavy atom. The summed E-state index contributed by atoms with van der Waals surface area (Å²) in [6, 6.07) is 17.4. The van der Waals surface area contributed by atoms with Crippen LogP contribution in [0, 0.1) is 27.7 Å². The molecular weight excluding hydrogens is 552 g/mol. The van der Waals surface area contributed by atoms with Crippen molar-refractivity contribution in [2.24, 2.45) is 0 Å². The second-order valence-corrected chi connectivity index (χ2v) is 13.1. The number of aromatic hydroxyl groups is 1. The Kier molecular flexibility index (Phi) is 9.38. The molecule has 5 nitrogen and oxygen atoms in total. The van der Waals surface area contributed by atoms with Gasteiger partial charge in [0.15, 0.2) is 0 Å². The van der Waals surface area contributed by atoms with E-state index in [1.54, 1.807) is 17.8 Å². The van der Waals surface area contributed by atoms with Gasteiger partial charge in [0.2, 0.25) is 0 Å². The Bertz CT molecular complexity index is 1660. The van der Waals surface area contributed by atoms with Crippen molar-refractivity contribution in [3.05, 3.63) is 99.2 Å². The number of esters is 1. The molecule has 0 unspecified atom stereocenters. The van der Waals surface area contributed by atoms with Crippen LogP contribution in [0.25, 0.3) is 16.5 Å². The van der Waals surface area contributed by atoms with E-state index < -0.39 is 0 Å². The van der Waals surface area contributed by atoms with E-state index in [4.69, 9.17) is 4.74 Å². The van der Waals surface area contributed by atoms with Gasteiger partial charge in [-0.25, -0.2) is 4.79 Å². The number of aromatic nitrogens is 1. The zero-order chi connectivity index (χ0) is 30.8. The Morgan fingerprint density at radius 1 is 1.00 bits per heavy atom. The Hall–Kier alpha value is -3.48. The van der Waals surface area contributed by atoms with E-state index in [2.05, 4.69) is 99.6 Å². The molecule has 0 amide bonds. The highest BCUT2D eigenvalue weighted by atomic mass is 32.2. The van der Waals surface area contributed by atoms with Crippen LogP contribution in [0.1, 0.15) is 76.6 Å². The number of rotatable bonds is 9. The fourth-order valence-corrected chi connectivity index (χ4v) is 7.42. The molecule has 1 aliphatic rings. The fourth-order valence-electron chi connectivity index (χ4n) is 6.26. The molecule has 1 N–H and O–H groups in total. The van der Waals surface area contributed by atoms with Gasteiger partial charge in [-0.1, -0.05) is 53.6 Å². The predicted molar refractivity (Wildman–Crippen MR) is 179 cm³/mol. The minimum Gasteiger partial charge on any atom is -0.507 e. The average molecular weight is 597 g/mol. The molecule has 0 radical (unpaired) electrons. The van der Waals surface area contributed by atoms with Crippen LogP contribution in [0.5, 0.6) is 5.75 Å². The maximum absolute atomic E-state index is 13.6. The summed E-state index contributed by atoms with van der Waals surface area (Å²) < 4.78 is 7.90. The minimum atomic E-state index is -0.347. The summed E-state index contributed by atoms with van der Waals surface area (Å²) in [6.07, 6.45) is 3.11. The van der Waals surface area contributed by atoms with E-state index in [1.807, 2.05) is 6.92 Å². The molecule has 4 aromatic rings. The number of phenols is 1. The first-order valence-electron chi connectivity index (χ1n) is 15.3. The van der Waals surface area contributed by atoms with Gasteiger partial charge in [-0.05, 0) is 89.3 Å². The van der Waals surface area contributed by atoms with Crippen LogP contribution in [0.2, 0.25) is 0 Å². The van der Waals surface area contributed by atoms with E-state index in [-0.39, 0.29) is 18.3 Å². The molecule has 0 saturated heterocycles. The second kappa shape index (κ2) is 13.0. The number of carbonyl (C=O) groups is 1. The molecular formula is C37H44N2O3S. The number of hydrogen-bond donors (Lipinski definition) is 1.